The maximum atomic E-state index is 12.3. The number of nitrogens with zero attached hydrogens (tertiary/aromatic N) is 1. The van der Waals surface area contributed by atoms with Crippen LogP contribution in [0, 0.1) is 13.8 Å². The SMILES string of the molecule is CCc1ccc(S(=O)(=O)NCCc2cc(C)n(C3CC3)c2C)s1. The normalized spacial score (nSPS) is 15.3. The van der Waals surface area contributed by atoms with Crippen molar-refractivity contribution >= 4 is 21.4 Å². The van der Waals surface area contributed by atoms with Crippen LogP contribution >= 0.6 is 11.3 Å². The third kappa shape index (κ3) is 3.54. The van der Waals surface area contributed by atoms with Crippen LogP contribution in [0.3, 0.4) is 0 Å². The molecule has 0 spiro atoms. The molecule has 3 rings (SSSR count). The minimum Gasteiger partial charge on any atom is -0.346 e. The summed E-state index contributed by atoms with van der Waals surface area (Å²) in [7, 11) is -3.38. The minimum absolute atomic E-state index is 0.415. The van der Waals surface area contributed by atoms with E-state index >= 15 is 0 Å². The van der Waals surface area contributed by atoms with Crippen LogP contribution in [-0.2, 0) is 22.9 Å². The molecule has 1 N–H and O–H groups in total. The first-order chi connectivity index (χ1) is 10.9. The number of hydrogen-bond acceptors (Lipinski definition) is 3. The second kappa shape index (κ2) is 6.42. The third-order valence-electron chi connectivity index (χ3n) is 4.44. The Hall–Kier alpha value is -1.11. The van der Waals surface area contributed by atoms with Crippen molar-refractivity contribution in [2.75, 3.05) is 6.54 Å². The van der Waals surface area contributed by atoms with Gasteiger partial charge in [-0.15, -0.1) is 11.3 Å². The zero-order valence-electron chi connectivity index (χ0n) is 13.9. The lowest BCUT2D eigenvalue weighted by atomic mass is 10.2. The van der Waals surface area contributed by atoms with Gasteiger partial charge in [0.25, 0.3) is 0 Å². The average molecular weight is 353 g/mol. The highest BCUT2D eigenvalue weighted by Crippen LogP contribution is 2.38. The molecule has 0 aliphatic heterocycles. The summed E-state index contributed by atoms with van der Waals surface area (Å²) in [5.41, 5.74) is 3.82. The largest absolute Gasteiger partial charge is 0.346 e. The van der Waals surface area contributed by atoms with Crippen molar-refractivity contribution < 1.29 is 8.42 Å². The van der Waals surface area contributed by atoms with Gasteiger partial charge < -0.3 is 4.57 Å². The van der Waals surface area contributed by atoms with E-state index in [9.17, 15) is 8.42 Å². The van der Waals surface area contributed by atoms with Gasteiger partial charge in [-0.3, -0.25) is 0 Å². The Morgan fingerprint density at radius 3 is 2.65 bits per heavy atom. The number of rotatable bonds is 7. The molecule has 23 heavy (non-hydrogen) atoms. The van der Waals surface area contributed by atoms with Gasteiger partial charge in [-0.05, 0) is 63.3 Å². The van der Waals surface area contributed by atoms with Crippen LogP contribution in [0.2, 0.25) is 0 Å². The van der Waals surface area contributed by atoms with Gasteiger partial charge in [0.2, 0.25) is 10.0 Å². The molecule has 0 radical (unpaired) electrons. The molecule has 1 saturated carbocycles. The topological polar surface area (TPSA) is 51.1 Å². The molecular weight excluding hydrogens is 328 g/mol. The molecule has 0 aromatic carbocycles. The van der Waals surface area contributed by atoms with Crippen molar-refractivity contribution in [3.8, 4) is 0 Å². The van der Waals surface area contributed by atoms with E-state index in [2.05, 4.69) is 29.2 Å². The number of aromatic nitrogens is 1. The second-order valence-corrected chi connectivity index (χ2v) is 9.38. The van der Waals surface area contributed by atoms with E-state index in [1.54, 1.807) is 6.07 Å². The molecular formula is C17H24N2O2S2. The standard InChI is InChI=1S/C17H24N2O2S2/c1-4-16-7-8-17(22-16)23(20,21)18-10-9-14-11-12(2)19(13(14)3)15-5-6-15/h7-8,11,15,18H,4-6,9-10H2,1-3H3. The number of nitrogens with one attached hydrogen (secondary N) is 1. The molecule has 126 valence electrons. The third-order valence-corrected chi connectivity index (χ3v) is 7.62. The highest BCUT2D eigenvalue weighted by Gasteiger charge is 2.27. The molecule has 2 aromatic heterocycles. The van der Waals surface area contributed by atoms with Crippen molar-refractivity contribution in [1.29, 1.82) is 0 Å². The second-order valence-electron chi connectivity index (χ2n) is 6.22. The number of hydrogen-bond donors (Lipinski definition) is 1. The van der Waals surface area contributed by atoms with E-state index in [1.165, 1.54) is 41.1 Å². The van der Waals surface area contributed by atoms with Crippen LogP contribution in [0.25, 0.3) is 0 Å². The Bertz CT molecular complexity index is 799. The first-order valence-corrected chi connectivity index (χ1v) is 10.5. The maximum Gasteiger partial charge on any atom is 0.250 e. The lowest BCUT2D eigenvalue weighted by Crippen LogP contribution is -2.25. The number of aryl methyl sites for hydroxylation is 2. The van der Waals surface area contributed by atoms with Crippen LogP contribution in [0.15, 0.2) is 22.4 Å². The predicted octanol–water partition coefficient (Wildman–Crippen LogP) is 3.58. The highest BCUT2D eigenvalue weighted by atomic mass is 32.2. The number of sulfonamides is 1. The summed E-state index contributed by atoms with van der Waals surface area (Å²) in [5.74, 6) is 0. The summed E-state index contributed by atoms with van der Waals surface area (Å²) in [5, 5.41) is 0. The van der Waals surface area contributed by atoms with E-state index in [0.29, 0.717) is 16.8 Å². The van der Waals surface area contributed by atoms with Gasteiger partial charge >= 0.3 is 0 Å². The van der Waals surface area contributed by atoms with Crippen LogP contribution in [0.1, 0.15) is 47.6 Å². The van der Waals surface area contributed by atoms with Crippen molar-refractivity contribution in [2.45, 2.75) is 56.7 Å². The minimum atomic E-state index is -3.38. The van der Waals surface area contributed by atoms with E-state index in [4.69, 9.17) is 0 Å². The number of thiophene rings is 1. The Labute approximate surface area is 142 Å². The fraction of sp³-hybridized carbons (Fsp3) is 0.529. The summed E-state index contributed by atoms with van der Waals surface area (Å²) in [6, 6.07) is 6.45. The van der Waals surface area contributed by atoms with Crippen molar-refractivity contribution in [3.63, 3.8) is 0 Å². The average Bonchev–Trinajstić information content (AvgIpc) is 3.12. The molecule has 2 aromatic rings. The molecule has 6 heteroatoms. The Morgan fingerprint density at radius 2 is 2.04 bits per heavy atom. The van der Waals surface area contributed by atoms with Crippen LogP contribution < -0.4 is 4.72 Å². The van der Waals surface area contributed by atoms with Gasteiger partial charge in [0.1, 0.15) is 4.21 Å². The summed E-state index contributed by atoms with van der Waals surface area (Å²) < 4.78 is 30.2. The fourth-order valence-corrected chi connectivity index (χ4v) is 5.45. The smallest absolute Gasteiger partial charge is 0.250 e. The molecule has 4 nitrogen and oxygen atoms in total. The molecule has 0 unspecified atom stereocenters. The maximum absolute atomic E-state index is 12.3. The Kier molecular flexibility index (Phi) is 4.67. The van der Waals surface area contributed by atoms with Gasteiger partial charge in [-0.2, -0.15) is 0 Å². The predicted molar refractivity (Wildman–Crippen MR) is 94.8 cm³/mol. The van der Waals surface area contributed by atoms with Gasteiger partial charge in [0.05, 0.1) is 0 Å². The molecule has 2 heterocycles. The lowest BCUT2D eigenvalue weighted by Gasteiger charge is -2.08. The summed E-state index contributed by atoms with van der Waals surface area (Å²) in [6.07, 6.45) is 4.13. The summed E-state index contributed by atoms with van der Waals surface area (Å²) in [4.78, 5) is 1.10. The molecule has 1 aliphatic carbocycles. The van der Waals surface area contributed by atoms with E-state index < -0.39 is 10.0 Å². The molecule has 1 aliphatic rings. The highest BCUT2D eigenvalue weighted by molar-refractivity contribution is 7.91. The zero-order valence-corrected chi connectivity index (χ0v) is 15.6. The van der Waals surface area contributed by atoms with E-state index in [1.807, 2.05) is 13.0 Å². The molecule has 1 fully saturated rings. The van der Waals surface area contributed by atoms with Gasteiger partial charge in [-0.1, -0.05) is 6.92 Å². The summed E-state index contributed by atoms with van der Waals surface area (Å²) >= 11 is 1.35. The summed E-state index contributed by atoms with van der Waals surface area (Å²) in [6.45, 7) is 6.75. The van der Waals surface area contributed by atoms with E-state index in [-0.39, 0.29) is 0 Å². The zero-order chi connectivity index (χ0) is 16.6. The molecule has 0 atom stereocenters. The lowest BCUT2D eigenvalue weighted by molar-refractivity contribution is 0.583. The van der Waals surface area contributed by atoms with Crippen LogP contribution in [0.5, 0.6) is 0 Å². The molecule has 0 bridgehead atoms. The molecule has 0 saturated heterocycles. The molecule has 0 amide bonds. The monoisotopic (exact) mass is 352 g/mol. The fourth-order valence-electron chi connectivity index (χ4n) is 3.08. The quantitative estimate of drug-likeness (QED) is 0.828. The van der Waals surface area contributed by atoms with Gasteiger partial charge in [0.15, 0.2) is 0 Å². The Balaban J connectivity index is 1.64. The first kappa shape index (κ1) is 16.7. The van der Waals surface area contributed by atoms with Crippen LogP contribution in [-0.4, -0.2) is 19.5 Å². The first-order valence-electron chi connectivity index (χ1n) is 8.18. The Morgan fingerprint density at radius 1 is 1.30 bits per heavy atom. The van der Waals surface area contributed by atoms with Gasteiger partial charge in [0, 0.05) is 28.9 Å². The van der Waals surface area contributed by atoms with Crippen molar-refractivity contribution in [1.82, 2.24) is 9.29 Å². The van der Waals surface area contributed by atoms with Crippen molar-refractivity contribution in [2.24, 2.45) is 0 Å². The van der Waals surface area contributed by atoms with Crippen LogP contribution in [0.4, 0.5) is 0 Å². The van der Waals surface area contributed by atoms with Crippen molar-refractivity contribution in [3.05, 3.63) is 40.0 Å². The van der Waals surface area contributed by atoms with Gasteiger partial charge in [-0.25, -0.2) is 13.1 Å². The van der Waals surface area contributed by atoms with E-state index in [0.717, 1.165) is 17.7 Å².